The van der Waals surface area contributed by atoms with Crippen LogP contribution in [0.1, 0.15) is 11.1 Å². The van der Waals surface area contributed by atoms with Crippen LogP contribution >= 0.6 is 0 Å². The van der Waals surface area contributed by atoms with Crippen molar-refractivity contribution >= 4 is 0 Å². The summed E-state index contributed by atoms with van der Waals surface area (Å²) in [6.45, 7) is 2.30. The van der Waals surface area contributed by atoms with E-state index in [1.54, 1.807) is 10.9 Å². The molecule has 2 rings (SSSR count). The molecule has 2 N–H and O–H groups in total. The average molecular weight is 226 g/mol. The van der Waals surface area contributed by atoms with Crippen molar-refractivity contribution in [1.29, 1.82) is 5.26 Å². The lowest BCUT2D eigenvalue weighted by Gasteiger charge is -2.21. The highest BCUT2D eigenvalue weighted by molar-refractivity contribution is 5.30. The second-order valence-corrected chi connectivity index (χ2v) is 4.16. The largest absolute Gasteiger partial charge is 0.308 e. The van der Waals surface area contributed by atoms with E-state index in [0.29, 0.717) is 6.54 Å². The zero-order valence-electron chi connectivity index (χ0n) is 9.67. The Morgan fingerprint density at radius 3 is 2.65 bits per heavy atom. The number of aromatic nitrogens is 2. The van der Waals surface area contributed by atoms with Crippen molar-refractivity contribution in [2.75, 3.05) is 0 Å². The molecule has 2 aromatic rings. The van der Waals surface area contributed by atoms with Crippen LogP contribution in [0.15, 0.2) is 42.7 Å². The molecule has 1 heterocycles. The summed E-state index contributed by atoms with van der Waals surface area (Å²) in [4.78, 5) is 0. The Morgan fingerprint density at radius 1 is 1.41 bits per heavy atom. The molecule has 1 aromatic heterocycles. The van der Waals surface area contributed by atoms with Gasteiger partial charge in [-0.1, -0.05) is 30.3 Å². The van der Waals surface area contributed by atoms with Crippen molar-refractivity contribution in [1.82, 2.24) is 9.78 Å². The van der Waals surface area contributed by atoms with Crippen LogP contribution in [0.3, 0.4) is 0 Å². The molecule has 0 aliphatic heterocycles. The monoisotopic (exact) mass is 226 g/mol. The maximum absolute atomic E-state index is 9.29. The number of nitrogens with zero attached hydrogens (tertiary/aromatic N) is 3. The Balaban J connectivity index is 2.30. The first kappa shape index (κ1) is 11.4. The highest BCUT2D eigenvalue weighted by Gasteiger charge is 2.27. The van der Waals surface area contributed by atoms with Gasteiger partial charge in [-0.2, -0.15) is 10.4 Å². The molecule has 0 radical (unpaired) electrons. The predicted octanol–water partition coefficient (Wildman–Crippen LogP) is 1.57. The van der Waals surface area contributed by atoms with E-state index in [2.05, 4.69) is 11.2 Å². The minimum absolute atomic E-state index is 0.349. The first-order valence-corrected chi connectivity index (χ1v) is 5.39. The number of hydrogen-bond acceptors (Lipinski definition) is 3. The van der Waals surface area contributed by atoms with E-state index in [1.807, 2.05) is 43.5 Å². The van der Waals surface area contributed by atoms with Gasteiger partial charge in [-0.05, 0) is 18.1 Å². The summed E-state index contributed by atoms with van der Waals surface area (Å²) in [5.74, 6) is 0. The Bertz CT molecular complexity index is 538. The molecular weight excluding hydrogens is 212 g/mol. The zero-order valence-corrected chi connectivity index (χ0v) is 9.67. The fourth-order valence-electron chi connectivity index (χ4n) is 1.74. The second-order valence-electron chi connectivity index (χ2n) is 4.16. The lowest BCUT2D eigenvalue weighted by molar-refractivity contribution is 0.441. The van der Waals surface area contributed by atoms with Gasteiger partial charge in [0.05, 0.1) is 18.8 Å². The molecule has 0 spiro atoms. The van der Waals surface area contributed by atoms with Gasteiger partial charge in [0.2, 0.25) is 0 Å². The smallest absolute Gasteiger partial charge is 0.149 e. The van der Waals surface area contributed by atoms with Gasteiger partial charge in [0.15, 0.2) is 0 Å². The Kier molecular flexibility index (Phi) is 2.94. The third-order valence-corrected chi connectivity index (χ3v) is 2.66. The number of hydrogen-bond donors (Lipinski definition) is 1. The minimum atomic E-state index is -1.04. The third-order valence-electron chi connectivity index (χ3n) is 2.66. The Hall–Kier alpha value is -2.12. The van der Waals surface area contributed by atoms with Crippen molar-refractivity contribution in [2.24, 2.45) is 5.73 Å². The summed E-state index contributed by atoms with van der Waals surface area (Å²) < 4.78 is 1.70. The molecule has 0 amide bonds. The fourth-order valence-corrected chi connectivity index (χ4v) is 1.74. The summed E-state index contributed by atoms with van der Waals surface area (Å²) >= 11 is 0. The van der Waals surface area contributed by atoms with Crippen LogP contribution in [-0.2, 0) is 12.1 Å². The molecule has 0 saturated heterocycles. The van der Waals surface area contributed by atoms with Crippen molar-refractivity contribution in [3.8, 4) is 6.07 Å². The van der Waals surface area contributed by atoms with E-state index in [0.717, 1.165) is 11.1 Å². The number of nitrogens with two attached hydrogens (primary N) is 1. The highest BCUT2D eigenvalue weighted by Crippen LogP contribution is 2.19. The van der Waals surface area contributed by atoms with E-state index >= 15 is 0 Å². The molecule has 4 nitrogen and oxygen atoms in total. The van der Waals surface area contributed by atoms with Gasteiger partial charge >= 0.3 is 0 Å². The highest BCUT2D eigenvalue weighted by atomic mass is 15.3. The van der Waals surface area contributed by atoms with Gasteiger partial charge in [0, 0.05) is 6.20 Å². The number of benzene rings is 1. The summed E-state index contributed by atoms with van der Waals surface area (Å²) in [6.07, 6.45) is 3.63. The van der Waals surface area contributed by atoms with Crippen molar-refractivity contribution < 1.29 is 0 Å². The Morgan fingerprint density at radius 2 is 2.12 bits per heavy atom. The van der Waals surface area contributed by atoms with Crippen LogP contribution in [-0.4, -0.2) is 9.78 Å². The quantitative estimate of drug-likeness (QED) is 0.863. The lowest BCUT2D eigenvalue weighted by Crippen LogP contribution is -2.39. The van der Waals surface area contributed by atoms with Gasteiger partial charge in [-0.15, -0.1) is 0 Å². The van der Waals surface area contributed by atoms with Crippen LogP contribution in [0.5, 0.6) is 0 Å². The molecule has 4 heteroatoms. The molecule has 0 bridgehead atoms. The van der Waals surface area contributed by atoms with Gasteiger partial charge < -0.3 is 5.73 Å². The van der Waals surface area contributed by atoms with Gasteiger partial charge in [0.1, 0.15) is 5.54 Å². The van der Waals surface area contributed by atoms with Gasteiger partial charge in [-0.3, -0.25) is 4.68 Å². The van der Waals surface area contributed by atoms with Crippen LogP contribution in [0, 0.1) is 18.3 Å². The molecule has 1 atom stereocenters. The molecule has 0 aliphatic rings. The summed E-state index contributed by atoms with van der Waals surface area (Å²) in [5, 5.41) is 13.5. The van der Waals surface area contributed by atoms with Crippen molar-refractivity contribution in [3.05, 3.63) is 53.9 Å². The molecule has 0 saturated carbocycles. The lowest BCUT2D eigenvalue weighted by atomic mass is 9.93. The predicted molar refractivity (Wildman–Crippen MR) is 64.9 cm³/mol. The van der Waals surface area contributed by atoms with E-state index in [-0.39, 0.29) is 0 Å². The SMILES string of the molecule is Cc1cnn(CC(N)(C#N)c2ccccc2)c1. The first-order chi connectivity index (χ1) is 8.14. The van der Waals surface area contributed by atoms with Crippen LogP contribution in [0.2, 0.25) is 0 Å². The Labute approximate surface area is 100 Å². The van der Waals surface area contributed by atoms with Crippen molar-refractivity contribution in [3.63, 3.8) is 0 Å². The van der Waals surface area contributed by atoms with E-state index < -0.39 is 5.54 Å². The molecular formula is C13H14N4. The minimum Gasteiger partial charge on any atom is -0.308 e. The van der Waals surface area contributed by atoms with Gasteiger partial charge in [-0.25, -0.2) is 0 Å². The normalized spacial score (nSPS) is 13.9. The van der Waals surface area contributed by atoms with E-state index in [9.17, 15) is 5.26 Å². The maximum Gasteiger partial charge on any atom is 0.149 e. The first-order valence-electron chi connectivity index (χ1n) is 5.39. The summed E-state index contributed by atoms with van der Waals surface area (Å²) in [6, 6.07) is 11.5. The molecule has 0 fully saturated rings. The molecule has 86 valence electrons. The van der Waals surface area contributed by atoms with Gasteiger partial charge in [0.25, 0.3) is 0 Å². The zero-order chi connectivity index (χ0) is 12.3. The van der Waals surface area contributed by atoms with Crippen LogP contribution in [0.25, 0.3) is 0 Å². The maximum atomic E-state index is 9.29. The second kappa shape index (κ2) is 4.40. The number of rotatable bonds is 3. The molecule has 0 aliphatic carbocycles. The number of nitriles is 1. The standard InChI is InChI=1S/C13H14N4/c1-11-7-16-17(8-11)10-13(15,9-14)12-5-3-2-4-6-12/h2-8H,10,15H2,1H3. The molecule has 17 heavy (non-hydrogen) atoms. The summed E-state index contributed by atoms with van der Waals surface area (Å²) in [7, 11) is 0. The third kappa shape index (κ3) is 2.35. The van der Waals surface area contributed by atoms with E-state index in [4.69, 9.17) is 5.73 Å². The topological polar surface area (TPSA) is 67.6 Å². The average Bonchev–Trinajstić information content (AvgIpc) is 2.75. The fraction of sp³-hybridized carbons (Fsp3) is 0.231. The van der Waals surface area contributed by atoms with Crippen LogP contribution in [0.4, 0.5) is 0 Å². The molecule has 1 aromatic carbocycles. The number of aryl methyl sites for hydroxylation is 1. The van der Waals surface area contributed by atoms with E-state index in [1.165, 1.54) is 0 Å². The molecule has 1 unspecified atom stereocenters. The summed E-state index contributed by atoms with van der Waals surface area (Å²) in [5.41, 5.74) is 6.95. The van der Waals surface area contributed by atoms with Crippen LogP contribution < -0.4 is 5.73 Å². The van der Waals surface area contributed by atoms with Crippen molar-refractivity contribution in [2.45, 2.75) is 19.0 Å².